The Morgan fingerprint density at radius 2 is 1.89 bits per heavy atom. The Kier molecular flexibility index (Phi) is 2.40. The molecule has 0 spiro atoms. The molecule has 3 rings (SSSR count). The lowest BCUT2D eigenvalue weighted by molar-refractivity contribution is 0.793. The first-order valence-corrected chi connectivity index (χ1v) is 5.58. The van der Waals surface area contributed by atoms with E-state index >= 15 is 0 Å². The Labute approximate surface area is 104 Å². The third-order valence-electron chi connectivity index (χ3n) is 3.05. The zero-order valence-corrected chi connectivity index (χ0v) is 9.61. The fraction of sp³-hybridized carbons (Fsp3) is 0.167. The molecular formula is C12H12N6. The number of amidine groups is 1. The van der Waals surface area contributed by atoms with Gasteiger partial charge in [-0.15, -0.1) is 0 Å². The van der Waals surface area contributed by atoms with E-state index in [1.54, 1.807) is 12.4 Å². The minimum absolute atomic E-state index is 0.0487. The molecule has 2 aliphatic rings. The smallest absolute Gasteiger partial charge is 0.219 e. The number of hydrogen-bond acceptors (Lipinski definition) is 6. The maximum atomic E-state index is 5.89. The number of nitrogens with zero attached hydrogens (tertiary/aromatic N) is 4. The minimum atomic E-state index is 0.0487. The number of fused-ring (bicyclic) bond motifs is 1. The Morgan fingerprint density at radius 3 is 2.67 bits per heavy atom. The molecule has 1 aromatic rings. The van der Waals surface area contributed by atoms with Crippen molar-refractivity contribution in [2.75, 3.05) is 5.73 Å². The molecule has 4 N–H and O–H groups in total. The fourth-order valence-corrected chi connectivity index (χ4v) is 2.05. The zero-order valence-electron chi connectivity index (χ0n) is 9.61. The predicted octanol–water partition coefficient (Wildman–Crippen LogP) is 0.745. The van der Waals surface area contributed by atoms with Gasteiger partial charge in [0.15, 0.2) is 0 Å². The van der Waals surface area contributed by atoms with Crippen LogP contribution in [0.3, 0.4) is 0 Å². The summed E-state index contributed by atoms with van der Waals surface area (Å²) >= 11 is 0. The summed E-state index contributed by atoms with van der Waals surface area (Å²) in [5, 5.41) is 0. The first-order chi connectivity index (χ1) is 8.74. The van der Waals surface area contributed by atoms with Crippen LogP contribution in [0.2, 0.25) is 0 Å². The fourth-order valence-electron chi connectivity index (χ4n) is 2.05. The van der Waals surface area contributed by atoms with Gasteiger partial charge in [0, 0.05) is 18.0 Å². The highest BCUT2D eigenvalue weighted by atomic mass is 15.0. The van der Waals surface area contributed by atoms with Crippen LogP contribution in [0, 0.1) is 5.92 Å². The predicted molar refractivity (Wildman–Crippen MR) is 70.7 cm³/mol. The van der Waals surface area contributed by atoms with Crippen molar-refractivity contribution >= 4 is 23.7 Å². The Morgan fingerprint density at radius 1 is 1.11 bits per heavy atom. The molecule has 1 unspecified atom stereocenters. The summed E-state index contributed by atoms with van der Waals surface area (Å²) in [6.07, 6.45) is 9.64. The van der Waals surface area contributed by atoms with Crippen LogP contribution in [-0.2, 0) is 0 Å². The summed E-state index contributed by atoms with van der Waals surface area (Å²) in [5.41, 5.74) is 14.4. The van der Waals surface area contributed by atoms with E-state index in [4.69, 9.17) is 11.5 Å². The van der Waals surface area contributed by atoms with Crippen molar-refractivity contribution in [1.82, 2.24) is 9.97 Å². The molecule has 1 atom stereocenters. The third kappa shape index (κ3) is 1.77. The summed E-state index contributed by atoms with van der Waals surface area (Å²) in [5.74, 6) is 0.917. The normalized spacial score (nSPS) is 21.8. The number of hydrogen-bond donors (Lipinski definition) is 2. The second-order valence-electron chi connectivity index (χ2n) is 4.17. The molecule has 6 heteroatoms. The third-order valence-corrected chi connectivity index (χ3v) is 3.05. The molecule has 0 saturated carbocycles. The van der Waals surface area contributed by atoms with Crippen molar-refractivity contribution in [3.63, 3.8) is 0 Å². The van der Waals surface area contributed by atoms with Gasteiger partial charge in [-0.1, -0.05) is 6.08 Å². The van der Waals surface area contributed by atoms with Crippen LogP contribution in [0.5, 0.6) is 0 Å². The molecule has 0 amide bonds. The second kappa shape index (κ2) is 4.06. The van der Waals surface area contributed by atoms with Gasteiger partial charge in [-0.3, -0.25) is 0 Å². The maximum absolute atomic E-state index is 5.89. The van der Waals surface area contributed by atoms with Gasteiger partial charge in [0.25, 0.3) is 0 Å². The van der Waals surface area contributed by atoms with Crippen molar-refractivity contribution in [1.29, 1.82) is 0 Å². The highest BCUT2D eigenvalue weighted by molar-refractivity contribution is 5.95. The van der Waals surface area contributed by atoms with Gasteiger partial charge < -0.3 is 11.5 Å². The number of rotatable bonds is 1. The van der Waals surface area contributed by atoms with Gasteiger partial charge in [-0.05, 0) is 18.1 Å². The molecule has 6 nitrogen and oxygen atoms in total. The van der Waals surface area contributed by atoms with E-state index in [9.17, 15) is 0 Å². The largest absolute Gasteiger partial charge is 0.387 e. The van der Waals surface area contributed by atoms with E-state index in [1.165, 1.54) is 6.34 Å². The Hall–Kier alpha value is -2.50. The van der Waals surface area contributed by atoms with E-state index in [0.717, 1.165) is 23.3 Å². The molecule has 0 radical (unpaired) electrons. The van der Waals surface area contributed by atoms with Crippen LogP contribution in [0.1, 0.15) is 12.0 Å². The molecule has 1 aliphatic carbocycles. The van der Waals surface area contributed by atoms with Gasteiger partial charge in [0.1, 0.15) is 12.2 Å². The number of nitrogen functional groups attached to an aromatic ring is 1. The number of allylic oxidation sites excluding steroid dienone is 3. The SMILES string of the molecule is NC1=NC=NC2=CC=C(c3cnc(N)nc3)CC21. The quantitative estimate of drug-likeness (QED) is 0.755. The summed E-state index contributed by atoms with van der Waals surface area (Å²) < 4.78 is 0. The molecule has 1 aromatic heterocycles. The standard InChI is InChI=1S/C12H12N6/c13-11-9-3-7(1-2-10(9)17-6-18-11)8-4-15-12(14)16-5-8/h1-2,4-6,9H,3H2,(H2,13,17,18)(H2,14,15,16). The van der Waals surface area contributed by atoms with Gasteiger partial charge in [-0.2, -0.15) is 0 Å². The van der Waals surface area contributed by atoms with Crippen molar-refractivity contribution in [2.45, 2.75) is 6.42 Å². The van der Waals surface area contributed by atoms with Crippen LogP contribution in [-0.4, -0.2) is 22.1 Å². The number of aliphatic imine (C=N–C) groups is 2. The second-order valence-corrected chi connectivity index (χ2v) is 4.17. The lowest BCUT2D eigenvalue weighted by atomic mass is 9.87. The summed E-state index contributed by atoms with van der Waals surface area (Å²) in [7, 11) is 0. The van der Waals surface area contributed by atoms with Crippen molar-refractivity contribution in [3.05, 3.63) is 35.8 Å². The summed E-state index contributed by atoms with van der Waals surface area (Å²) in [6, 6.07) is 0. The number of nitrogens with two attached hydrogens (primary N) is 2. The van der Waals surface area contributed by atoms with E-state index in [0.29, 0.717) is 5.84 Å². The van der Waals surface area contributed by atoms with Gasteiger partial charge in [-0.25, -0.2) is 20.0 Å². The average molecular weight is 240 g/mol. The lowest BCUT2D eigenvalue weighted by Crippen LogP contribution is -2.28. The van der Waals surface area contributed by atoms with E-state index in [-0.39, 0.29) is 11.9 Å². The van der Waals surface area contributed by atoms with Crippen LogP contribution in [0.25, 0.3) is 5.57 Å². The van der Waals surface area contributed by atoms with E-state index in [1.807, 2.05) is 12.2 Å². The molecule has 0 aromatic carbocycles. The monoisotopic (exact) mass is 240 g/mol. The highest BCUT2D eigenvalue weighted by Gasteiger charge is 2.25. The highest BCUT2D eigenvalue weighted by Crippen LogP contribution is 2.32. The first kappa shape index (κ1) is 10.6. The minimum Gasteiger partial charge on any atom is -0.387 e. The summed E-state index contributed by atoms with van der Waals surface area (Å²) in [4.78, 5) is 16.2. The van der Waals surface area contributed by atoms with Crippen LogP contribution in [0.15, 0.2) is 40.2 Å². The van der Waals surface area contributed by atoms with Gasteiger partial charge >= 0.3 is 0 Å². The molecule has 90 valence electrons. The van der Waals surface area contributed by atoms with Crippen molar-refractivity contribution < 1.29 is 0 Å². The first-order valence-electron chi connectivity index (χ1n) is 5.58. The van der Waals surface area contributed by atoms with Gasteiger partial charge in [0.2, 0.25) is 5.95 Å². The Balaban J connectivity index is 1.94. The number of anilines is 1. The van der Waals surface area contributed by atoms with E-state index < -0.39 is 0 Å². The molecule has 0 saturated heterocycles. The van der Waals surface area contributed by atoms with Crippen molar-refractivity contribution in [3.8, 4) is 0 Å². The van der Waals surface area contributed by atoms with Crippen LogP contribution < -0.4 is 11.5 Å². The molecule has 18 heavy (non-hydrogen) atoms. The maximum Gasteiger partial charge on any atom is 0.219 e. The molecule has 1 aliphatic heterocycles. The average Bonchev–Trinajstić information content (AvgIpc) is 2.40. The van der Waals surface area contributed by atoms with Crippen LogP contribution >= 0.6 is 0 Å². The van der Waals surface area contributed by atoms with E-state index in [2.05, 4.69) is 20.0 Å². The number of aromatic nitrogens is 2. The topological polar surface area (TPSA) is 103 Å². The molecule has 2 heterocycles. The summed E-state index contributed by atoms with van der Waals surface area (Å²) in [6.45, 7) is 0. The Bertz CT molecular complexity index is 593. The molecular weight excluding hydrogens is 228 g/mol. The zero-order chi connectivity index (χ0) is 12.5. The molecule has 0 bridgehead atoms. The van der Waals surface area contributed by atoms with Crippen molar-refractivity contribution in [2.24, 2.45) is 21.6 Å². The van der Waals surface area contributed by atoms with Crippen LogP contribution in [0.4, 0.5) is 5.95 Å². The van der Waals surface area contributed by atoms with Gasteiger partial charge in [0.05, 0.1) is 11.6 Å². The molecule has 0 fully saturated rings. The lowest BCUT2D eigenvalue weighted by Gasteiger charge is -2.23.